The number of para-hydroxylation sites is 2. The van der Waals surface area contributed by atoms with Crippen molar-refractivity contribution in [1.29, 1.82) is 0 Å². The van der Waals surface area contributed by atoms with Crippen LogP contribution in [0.1, 0.15) is 26.7 Å². The number of carbonyl (C=O) groups is 3. The maximum atomic E-state index is 13.7. The number of nitro benzene ring substituents is 1. The van der Waals surface area contributed by atoms with E-state index in [0.29, 0.717) is 28.4 Å². The van der Waals surface area contributed by atoms with Gasteiger partial charge < -0.3 is 20.7 Å². The maximum Gasteiger partial charge on any atom is 0.276 e. The molecular formula is C42H32N4O6S. The van der Waals surface area contributed by atoms with Crippen molar-refractivity contribution in [1.82, 2.24) is 5.32 Å². The highest BCUT2D eigenvalue weighted by Gasteiger charge is 2.23. The first-order valence-electron chi connectivity index (χ1n) is 16.4. The average molecular weight is 721 g/mol. The molecule has 0 saturated carbocycles. The van der Waals surface area contributed by atoms with Gasteiger partial charge in [0, 0.05) is 27.9 Å². The number of ether oxygens (including phenoxy) is 1. The highest BCUT2D eigenvalue weighted by atomic mass is 32.2. The number of rotatable bonds is 13. The van der Waals surface area contributed by atoms with Gasteiger partial charge in [-0.2, -0.15) is 0 Å². The molecule has 1 unspecified atom stereocenters. The molecule has 6 aromatic rings. The zero-order valence-corrected chi connectivity index (χ0v) is 28.9. The Bertz CT molecular complexity index is 2230. The Balaban J connectivity index is 1.17. The first-order chi connectivity index (χ1) is 25.8. The molecule has 0 fully saturated rings. The number of hydrogen-bond donors (Lipinski definition) is 3. The van der Waals surface area contributed by atoms with E-state index in [9.17, 15) is 24.5 Å². The van der Waals surface area contributed by atoms with Crippen LogP contribution in [-0.2, 0) is 9.59 Å². The van der Waals surface area contributed by atoms with Crippen LogP contribution in [0.15, 0.2) is 174 Å². The van der Waals surface area contributed by atoms with Gasteiger partial charge in [0.2, 0.25) is 5.91 Å². The molecule has 0 bridgehead atoms. The van der Waals surface area contributed by atoms with Gasteiger partial charge >= 0.3 is 0 Å². The predicted octanol–water partition coefficient (Wildman–Crippen LogP) is 9.27. The minimum atomic E-state index is -0.686. The van der Waals surface area contributed by atoms with Gasteiger partial charge in [-0.15, -0.1) is 11.8 Å². The molecule has 10 nitrogen and oxygen atoms in total. The molecule has 0 radical (unpaired) electrons. The molecule has 53 heavy (non-hydrogen) atoms. The molecule has 0 heterocycles. The maximum absolute atomic E-state index is 13.7. The summed E-state index contributed by atoms with van der Waals surface area (Å²) in [6, 6.07) is 47.1. The van der Waals surface area contributed by atoms with E-state index < -0.39 is 22.0 Å². The van der Waals surface area contributed by atoms with Crippen LogP contribution in [0.5, 0.6) is 11.5 Å². The lowest BCUT2D eigenvalue weighted by Gasteiger charge is -2.18. The monoisotopic (exact) mass is 720 g/mol. The molecule has 1 atom stereocenters. The first-order valence-corrected chi connectivity index (χ1v) is 17.3. The zero-order valence-electron chi connectivity index (χ0n) is 28.0. The molecule has 262 valence electrons. The third-order valence-corrected chi connectivity index (χ3v) is 9.04. The summed E-state index contributed by atoms with van der Waals surface area (Å²) in [7, 11) is 0. The van der Waals surface area contributed by atoms with Crippen LogP contribution in [-0.4, -0.2) is 22.6 Å². The standard InChI is InChI=1S/C42H32N4O6S/c47-40(30-14-6-2-7-15-30)45-37(28-31-16-10-11-19-38(31)46(50)51)41(48)43-33-22-26-36(27-23-33)53-39(29-12-4-1-5-13-29)42(49)44-32-20-24-35(25-21-32)52-34-17-8-3-9-18-34/h1-28,39H,(H,43,48)(H,44,49)(H,45,47)/b37-28-. The first kappa shape index (κ1) is 35.8. The van der Waals surface area contributed by atoms with Crippen molar-refractivity contribution in [3.63, 3.8) is 0 Å². The molecule has 6 rings (SSSR count). The fraction of sp³-hybridized carbons (Fsp3) is 0.0238. The van der Waals surface area contributed by atoms with Crippen LogP contribution in [0.2, 0.25) is 0 Å². The molecule has 0 aliphatic carbocycles. The Morgan fingerprint density at radius 3 is 1.85 bits per heavy atom. The Hall–Kier alpha value is -6.98. The normalized spacial score (nSPS) is 11.5. The SMILES string of the molecule is O=C(Nc1ccc(SC(C(=O)Nc2ccc(Oc3ccccc3)cc2)c2ccccc2)cc1)/C(=C/c1ccccc1[N+](=O)[O-])NC(=O)c1ccccc1. The largest absolute Gasteiger partial charge is 0.457 e. The molecule has 6 aromatic carbocycles. The topological polar surface area (TPSA) is 140 Å². The zero-order chi connectivity index (χ0) is 37.0. The molecule has 0 aliphatic heterocycles. The lowest BCUT2D eigenvalue weighted by Crippen LogP contribution is -2.30. The minimum Gasteiger partial charge on any atom is -0.457 e. The quantitative estimate of drug-likeness (QED) is 0.0468. The number of hydrogen-bond acceptors (Lipinski definition) is 7. The summed E-state index contributed by atoms with van der Waals surface area (Å²) in [5.41, 5.74) is 1.85. The van der Waals surface area contributed by atoms with Crippen molar-refractivity contribution < 1.29 is 24.0 Å². The summed E-state index contributed by atoms with van der Waals surface area (Å²) in [5, 5.41) is 19.4. The number of thioether (sulfide) groups is 1. The second-order valence-corrected chi connectivity index (χ2v) is 12.7. The molecule has 0 saturated heterocycles. The van der Waals surface area contributed by atoms with Crippen LogP contribution in [0, 0.1) is 10.1 Å². The number of nitrogens with one attached hydrogen (secondary N) is 3. The lowest BCUT2D eigenvalue weighted by atomic mass is 10.1. The molecule has 3 N–H and O–H groups in total. The van der Waals surface area contributed by atoms with Crippen molar-refractivity contribution >= 4 is 52.6 Å². The van der Waals surface area contributed by atoms with Gasteiger partial charge in [0.1, 0.15) is 22.4 Å². The molecule has 0 aromatic heterocycles. The number of anilines is 2. The second-order valence-electron chi connectivity index (χ2n) is 11.5. The molecule has 0 aliphatic rings. The minimum absolute atomic E-state index is 0.143. The van der Waals surface area contributed by atoms with E-state index in [4.69, 9.17) is 4.74 Å². The summed E-state index contributed by atoms with van der Waals surface area (Å²) in [6.45, 7) is 0. The van der Waals surface area contributed by atoms with Crippen LogP contribution in [0.3, 0.4) is 0 Å². The predicted molar refractivity (Wildman–Crippen MR) is 207 cm³/mol. The second kappa shape index (κ2) is 17.3. The van der Waals surface area contributed by atoms with E-state index in [-0.39, 0.29) is 22.9 Å². The van der Waals surface area contributed by atoms with Crippen molar-refractivity contribution in [2.24, 2.45) is 0 Å². The van der Waals surface area contributed by atoms with Gasteiger partial charge in [-0.05, 0) is 90.5 Å². The molecule has 3 amide bonds. The van der Waals surface area contributed by atoms with Crippen LogP contribution in [0.25, 0.3) is 6.08 Å². The van der Waals surface area contributed by atoms with E-state index in [2.05, 4.69) is 16.0 Å². The van der Waals surface area contributed by atoms with Gasteiger partial charge in [0.15, 0.2) is 0 Å². The number of carbonyl (C=O) groups excluding carboxylic acids is 3. The highest BCUT2D eigenvalue weighted by molar-refractivity contribution is 8.00. The van der Waals surface area contributed by atoms with E-state index in [1.807, 2.05) is 60.7 Å². The molecule has 11 heteroatoms. The van der Waals surface area contributed by atoms with Gasteiger partial charge in [-0.3, -0.25) is 24.5 Å². The Morgan fingerprint density at radius 1 is 0.642 bits per heavy atom. The summed E-state index contributed by atoms with van der Waals surface area (Å²) >= 11 is 1.34. The Kier molecular flexibility index (Phi) is 11.7. The van der Waals surface area contributed by atoms with Gasteiger partial charge in [0.25, 0.3) is 17.5 Å². The lowest BCUT2D eigenvalue weighted by molar-refractivity contribution is -0.385. The number of nitro groups is 1. The van der Waals surface area contributed by atoms with Crippen molar-refractivity contribution in [3.8, 4) is 11.5 Å². The average Bonchev–Trinajstić information content (AvgIpc) is 3.19. The summed E-state index contributed by atoms with van der Waals surface area (Å²) < 4.78 is 5.87. The van der Waals surface area contributed by atoms with Crippen LogP contribution >= 0.6 is 11.8 Å². The summed E-state index contributed by atoms with van der Waals surface area (Å²) in [6.07, 6.45) is 1.27. The van der Waals surface area contributed by atoms with Crippen molar-refractivity contribution in [2.75, 3.05) is 10.6 Å². The molecular weight excluding hydrogens is 689 g/mol. The Morgan fingerprint density at radius 2 is 1.19 bits per heavy atom. The summed E-state index contributed by atoms with van der Waals surface area (Å²) in [5.74, 6) is -0.124. The van der Waals surface area contributed by atoms with E-state index >= 15 is 0 Å². The number of nitrogens with zero attached hydrogens (tertiary/aromatic N) is 1. The van der Waals surface area contributed by atoms with Crippen molar-refractivity contribution in [3.05, 3.63) is 196 Å². The van der Waals surface area contributed by atoms with Gasteiger partial charge in [0.05, 0.1) is 10.5 Å². The van der Waals surface area contributed by atoms with E-state index in [0.717, 1.165) is 10.5 Å². The van der Waals surface area contributed by atoms with E-state index in [1.54, 1.807) is 84.9 Å². The Labute approximate surface area is 309 Å². The molecule has 0 spiro atoms. The number of amides is 3. The fourth-order valence-electron chi connectivity index (χ4n) is 5.16. The third kappa shape index (κ3) is 9.84. The summed E-state index contributed by atoms with van der Waals surface area (Å²) in [4.78, 5) is 52.1. The van der Waals surface area contributed by atoms with Crippen LogP contribution in [0.4, 0.5) is 17.1 Å². The van der Waals surface area contributed by atoms with Gasteiger partial charge in [-0.1, -0.05) is 78.9 Å². The number of benzene rings is 6. The fourth-order valence-corrected chi connectivity index (χ4v) is 6.19. The van der Waals surface area contributed by atoms with E-state index in [1.165, 1.54) is 36.0 Å². The smallest absolute Gasteiger partial charge is 0.276 e. The van der Waals surface area contributed by atoms with Crippen molar-refractivity contribution in [2.45, 2.75) is 10.1 Å². The third-order valence-electron chi connectivity index (χ3n) is 7.77. The highest BCUT2D eigenvalue weighted by Crippen LogP contribution is 2.37. The van der Waals surface area contributed by atoms with Crippen LogP contribution < -0.4 is 20.7 Å². The van der Waals surface area contributed by atoms with Gasteiger partial charge in [-0.25, -0.2) is 0 Å².